The molecule has 7 heteroatoms. The summed E-state index contributed by atoms with van der Waals surface area (Å²) >= 11 is 0. The van der Waals surface area contributed by atoms with Crippen LogP contribution < -0.4 is 15.2 Å². The molecule has 3 heterocycles. The number of piperazine rings is 1. The highest BCUT2D eigenvalue weighted by Crippen LogP contribution is 2.27. The van der Waals surface area contributed by atoms with E-state index < -0.39 is 0 Å². The number of benzene rings is 1. The Labute approximate surface area is 157 Å². The summed E-state index contributed by atoms with van der Waals surface area (Å²) in [6.45, 7) is 4.72. The second kappa shape index (κ2) is 7.36. The Morgan fingerprint density at radius 2 is 1.89 bits per heavy atom. The first-order valence-corrected chi connectivity index (χ1v) is 9.05. The first-order chi connectivity index (χ1) is 13.1. The lowest BCUT2D eigenvalue weighted by Gasteiger charge is -2.36. The summed E-state index contributed by atoms with van der Waals surface area (Å²) in [6, 6.07) is 9.79. The number of pyridine rings is 1. The van der Waals surface area contributed by atoms with Crippen LogP contribution in [0.1, 0.15) is 5.56 Å². The van der Waals surface area contributed by atoms with Gasteiger partial charge >= 0.3 is 0 Å². The van der Waals surface area contributed by atoms with Crippen molar-refractivity contribution in [3.8, 4) is 5.88 Å². The van der Waals surface area contributed by atoms with Gasteiger partial charge in [-0.05, 0) is 23.8 Å². The third-order valence-electron chi connectivity index (χ3n) is 5.07. The van der Waals surface area contributed by atoms with Gasteiger partial charge in [-0.15, -0.1) is 0 Å². The lowest BCUT2D eigenvalue weighted by molar-refractivity contribution is 0.249. The molecule has 0 bridgehead atoms. The second-order valence-corrected chi connectivity index (χ2v) is 6.83. The summed E-state index contributed by atoms with van der Waals surface area (Å²) in [7, 11) is 3.42. The van der Waals surface area contributed by atoms with Gasteiger partial charge in [-0.25, -0.2) is 9.97 Å². The number of ether oxygens (including phenoxy) is 1. The van der Waals surface area contributed by atoms with Gasteiger partial charge in [-0.2, -0.15) is 0 Å². The highest BCUT2D eigenvalue weighted by molar-refractivity contribution is 5.86. The molecule has 0 aliphatic carbocycles. The lowest BCUT2D eigenvalue weighted by atomic mass is 10.1. The summed E-state index contributed by atoms with van der Waals surface area (Å²) < 4.78 is 7.00. The topological polar surface area (TPSA) is 63.5 Å². The van der Waals surface area contributed by atoms with Gasteiger partial charge in [0.1, 0.15) is 6.33 Å². The van der Waals surface area contributed by atoms with Gasteiger partial charge in [-0.3, -0.25) is 9.69 Å². The van der Waals surface area contributed by atoms with E-state index in [4.69, 9.17) is 4.74 Å². The SMILES string of the molecule is COc1ncnc2ccc(N3CCN(Cc4ccc(=O)n(C)c4)CC3)cc12. The van der Waals surface area contributed by atoms with E-state index in [1.807, 2.05) is 18.3 Å². The van der Waals surface area contributed by atoms with Crippen molar-refractivity contribution >= 4 is 16.6 Å². The van der Waals surface area contributed by atoms with E-state index in [0.717, 1.165) is 54.9 Å². The number of hydrogen-bond donors (Lipinski definition) is 0. The number of rotatable bonds is 4. The van der Waals surface area contributed by atoms with Crippen LogP contribution in [0.3, 0.4) is 0 Å². The third kappa shape index (κ3) is 3.64. The molecule has 0 atom stereocenters. The molecule has 4 rings (SSSR count). The molecular weight excluding hydrogens is 342 g/mol. The van der Waals surface area contributed by atoms with Crippen LogP contribution in [0.2, 0.25) is 0 Å². The average molecular weight is 365 g/mol. The molecular formula is C20H23N5O2. The number of nitrogens with zero attached hydrogens (tertiary/aromatic N) is 5. The van der Waals surface area contributed by atoms with Crippen LogP contribution in [0.4, 0.5) is 5.69 Å². The summed E-state index contributed by atoms with van der Waals surface area (Å²) in [4.78, 5) is 24.8. The molecule has 1 saturated heterocycles. The number of methoxy groups -OCH3 is 1. The van der Waals surface area contributed by atoms with E-state index in [2.05, 4.69) is 31.9 Å². The monoisotopic (exact) mass is 365 g/mol. The Morgan fingerprint density at radius 3 is 2.63 bits per heavy atom. The van der Waals surface area contributed by atoms with Crippen molar-refractivity contribution in [2.45, 2.75) is 6.54 Å². The first kappa shape index (κ1) is 17.5. The van der Waals surface area contributed by atoms with Crippen molar-refractivity contribution in [1.29, 1.82) is 0 Å². The molecule has 7 nitrogen and oxygen atoms in total. The zero-order chi connectivity index (χ0) is 18.8. The highest BCUT2D eigenvalue weighted by Gasteiger charge is 2.18. The van der Waals surface area contributed by atoms with Gasteiger partial charge in [0, 0.05) is 57.7 Å². The van der Waals surface area contributed by atoms with Crippen LogP contribution in [-0.2, 0) is 13.6 Å². The average Bonchev–Trinajstić information content (AvgIpc) is 2.70. The Balaban J connectivity index is 1.45. The van der Waals surface area contributed by atoms with Gasteiger partial charge < -0.3 is 14.2 Å². The first-order valence-electron chi connectivity index (χ1n) is 9.05. The molecule has 0 N–H and O–H groups in total. The standard InChI is InChI=1S/C20H23N5O2/c1-23-12-15(3-6-19(23)26)13-24-7-9-25(10-8-24)16-4-5-18-17(11-16)20(27-2)22-14-21-18/h3-6,11-12,14H,7-10,13H2,1-2H3. The quantitative estimate of drug-likeness (QED) is 0.701. The van der Waals surface area contributed by atoms with Crippen LogP contribution in [0.5, 0.6) is 5.88 Å². The molecule has 1 aromatic carbocycles. The summed E-state index contributed by atoms with van der Waals surface area (Å²) in [5.41, 5.74) is 3.24. The normalized spacial score (nSPS) is 15.3. The molecule has 140 valence electrons. The van der Waals surface area contributed by atoms with E-state index in [0.29, 0.717) is 5.88 Å². The number of fused-ring (bicyclic) bond motifs is 1. The fraction of sp³-hybridized carbons (Fsp3) is 0.350. The molecule has 2 aromatic heterocycles. The smallest absolute Gasteiger partial charge is 0.250 e. The van der Waals surface area contributed by atoms with Gasteiger partial charge in [0.05, 0.1) is 18.0 Å². The number of aryl methyl sites for hydroxylation is 1. The van der Waals surface area contributed by atoms with Gasteiger partial charge in [-0.1, -0.05) is 6.07 Å². The molecule has 0 amide bonds. The number of aromatic nitrogens is 3. The number of hydrogen-bond acceptors (Lipinski definition) is 6. The molecule has 0 radical (unpaired) electrons. The Hall–Kier alpha value is -2.93. The van der Waals surface area contributed by atoms with Crippen LogP contribution in [0, 0.1) is 0 Å². The van der Waals surface area contributed by atoms with Gasteiger partial charge in [0.15, 0.2) is 0 Å². The molecule has 1 fully saturated rings. The summed E-state index contributed by atoms with van der Waals surface area (Å²) in [5, 5.41) is 0.935. The van der Waals surface area contributed by atoms with Crippen LogP contribution in [0.25, 0.3) is 10.9 Å². The number of anilines is 1. The fourth-order valence-corrected chi connectivity index (χ4v) is 3.55. The van der Waals surface area contributed by atoms with Crippen molar-refractivity contribution in [3.63, 3.8) is 0 Å². The second-order valence-electron chi connectivity index (χ2n) is 6.83. The molecule has 0 spiro atoms. The maximum absolute atomic E-state index is 11.5. The largest absolute Gasteiger partial charge is 0.480 e. The maximum Gasteiger partial charge on any atom is 0.250 e. The van der Waals surface area contributed by atoms with Crippen molar-refractivity contribution < 1.29 is 4.74 Å². The van der Waals surface area contributed by atoms with Gasteiger partial charge in [0.25, 0.3) is 0 Å². The van der Waals surface area contributed by atoms with Crippen molar-refractivity contribution in [1.82, 2.24) is 19.4 Å². The minimum absolute atomic E-state index is 0.0271. The Kier molecular flexibility index (Phi) is 4.77. The fourth-order valence-electron chi connectivity index (χ4n) is 3.55. The van der Waals surface area contributed by atoms with Gasteiger partial charge in [0.2, 0.25) is 11.4 Å². The summed E-state index contributed by atoms with van der Waals surface area (Å²) in [6.07, 6.45) is 3.45. The minimum Gasteiger partial charge on any atom is -0.480 e. The van der Waals surface area contributed by atoms with E-state index in [-0.39, 0.29) is 5.56 Å². The highest BCUT2D eigenvalue weighted by atomic mass is 16.5. The molecule has 0 unspecified atom stereocenters. The van der Waals surface area contributed by atoms with Crippen LogP contribution in [-0.4, -0.2) is 52.7 Å². The van der Waals surface area contributed by atoms with Crippen LogP contribution >= 0.6 is 0 Å². The van der Waals surface area contributed by atoms with E-state index >= 15 is 0 Å². The van der Waals surface area contributed by atoms with Crippen LogP contribution in [0.15, 0.2) is 47.7 Å². The maximum atomic E-state index is 11.5. The predicted molar refractivity (Wildman–Crippen MR) is 105 cm³/mol. The van der Waals surface area contributed by atoms with E-state index in [1.54, 1.807) is 24.8 Å². The molecule has 27 heavy (non-hydrogen) atoms. The predicted octanol–water partition coefficient (Wildman–Crippen LogP) is 1.66. The lowest BCUT2D eigenvalue weighted by Crippen LogP contribution is -2.46. The molecule has 1 aliphatic heterocycles. The Morgan fingerprint density at radius 1 is 1.07 bits per heavy atom. The third-order valence-corrected chi connectivity index (χ3v) is 5.07. The zero-order valence-corrected chi connectivity index (χ0v) is 15.6. The molecule has 0 saturated carbocycles. The van der Waals surface area contributed by atoms with Crippen molar-refractivity contribution in [3.05, 3.63) is 58.8 Å². The molecule has 3 aromatic rings. The van der Waals surface area contributed by atoms with Crippen molar-refractivity contribution in [2.24, 2.45) is 7.05 Å². The Bertz CT molecular complexity index is 1010. The summed E-state index contributed by atoms with van der Waals surface area (Å²) in [5.74, 6) is 0.607. The van der Waals surface area contributed by atoms with E-state index in [1.165, 1.54) is 6.33 Å². The van der Waals surface area contributed by atoms with Crippen molar-refractivity contribution in [2.75, 3.05) is 38.2 Å². The minimum atomic E-state index is 0.0271. The zero-order valence-electron chi connectivity index (χ0n) is 15.6. The molecule has 1 aliphatic rings. The van der Waals surface area contributed by atoms with E-state index in [9.17, 15) is 4.79 Å².